The smallest absolute Gasteiger partial charge is 0.164 e. The number of phenolic OH excluding ortho intramolecular Hbond substituents is 1. The lowest BCUT2D eigenvalue weighted by Crippen LogP contribution is -1.94. The number of rotatable bonds is 3. The molecule has 4 nitrogen and oxygen atoms in total. The molecule has 0 aromatic heterocycles. The van der Waals surface area contributed by atoms with E-state index in [1.807, 2.05) is 0 Å². The first-order valence-electron chi connectivity index (χ1n) is 3.85. The summed E-state index contributed by atoms with van der Waals surface area (Å²) in [4.78, 5) is 0. The van der Waals surface area contributed by atoms with E-state index >= 15 is 0 Å². The molecule has 0 spiro atoms. The van der Waals surface area contributed by atoms with Gasteiger partial charge in [0.15, 0.2) is 11.5 Å². The molecule has 72 valence electrons. The highest BCUT2D eigenvalue weighted by Crippen LogP contribution is 2.36. The van der Waals surface area contributed by atoms with E-state index in [-0.39, 0.29) is 5.75 Å². The summed E-state index contributed by atoms with van der Waals surface area (Å²) in [6.45, 7) is 0. The van der Waals surface area contributed by atoms with Crippen LogP contribution in [0.5, 0.6) is 17.2 Å². The average Bonchev–Trinajstić information content (AvgIpc) is 2.17. The Morgan fingerprint density at radius 2 is 1.69 bits per heavy atom. The van der Waals surface area contributed by atoms with Crippen molar-refractivity contribution in [1.82, 2.24) is 0 Å². The van der Waals surface area contributed by atoms with Gasteiger partial charge in [-0.05, 0) is 0 Å². The van der Waals surface area contributed by atoms with Crippen LogP contribution in [0.2, 0.25) is 0 Å². The molecular formula is C9H13NO3. The Bertz CT molecular complexity index is 299. The van der Waals surface area contributed by atoms with Crippen LogP contribution >= 0.6 is 0 Å². The Morgan fingerprint density at radius 1 is 1.15 bits per heavy atom. The summed E-state index contributed by atoms with van der Waals surface area (Å²) in [6, 6.07) is 3.18. The third-order valence-corrected chi connectivity index (χ3v) is 1.77. The summed E-state index contributed by atoms with van der Waals surface area (Å²) < 4.78 is 10.1. The number of anilines is 1. The highest BCUT2D eigenvalue weighted by atomic mass is 16.5. The molecule has 0 heterocycles. The summed E-state index contributed by atoms with van der Waals surface area (Å²) in [5.74, 6) is 1.24. The van der Waals surface area contributed by atoms with Crippen LogP contribution in [0.15, 0.2) is 12.1 Å². The molecule has 1 aromatic carbocycles. The summed E-state index contributed by atoms with van der Waals surface area (Å²) in [5.41, 5.74) is 0.609. The normalized spacial score (nSPS) is 9.46. The van der Waals surface area contributed by atoms with Crippen LogP contribution < -0.4 is 14.8 Å². The summed E-state index contributed by atoms with van der Waals surface area (Å²) in [5, 5.41) is 12.3. The lowest BCUT2D eigenvalue weighted by molar-refractivity contribution is 0.352. The monoisotopic (exact) mass is 183 g/mol. The molecule has 0 saturated heterocycles. The summed E-state index contributed by atoms with van der Waals surface area (Å²) >= 11 is 0. The lowest BCUT2D eigenvalue weighted by atomic mass is 10.2. The number of phenols is 1. The third kappa shape index (κ3) is 1.77. The van der Waals surface area contributed by atoms with Crippen molar-refractivity contribution >= 4 is 5.69 Å². The van der Waals surface area contributed by atoms with Crippen LogP contribution in [-0.4, -0.2) is 26.4 Å². The van der Waals surface area contributed by atoms with Gasteiger partial charge in [0.1, 0.15) is 5.75 Å². The van der Waals surface area contributed by atoms with Crippen molar-refractivity contribution in [2.75, 3.05) is 26.6 Å². The standard InChI is InChI=1S/C9H13NO3/c1-10-6-4-8(12-2)9(13-3)5-7(6)11/h4-5,10-11H,1-3H3. The second-order valence-corrected chi connectivity index (χ2v) is 2.47. The highest BCUT2D eigenvalue weighted by Gasteiger charge is 2.08. The van der Waals surface area contributed by atoms with E-state index in [2.05, 4.69) is 5.32 Å². The van der Waals surface area contributed by atoms with Gasteiger partial charge in [-0.2, -0.15) is 0 Å². The van der Waals surface area contributed by atoms with Crippen molar-refractivity contribution in [3.05, 3.63) is 12.1 Å². The van der Waals surface area contributed by atoms with E-state index in [4.69, 9.17) is 9.47 Å². The van der Waals surface area contributed by atoms with E-state index in [9.17, 15) is 5.11 Å². The Hall–Kier alpha value is -1.58. The van der Waals surface area contributed by atoms with Gasteiger partial charge in [-0.25, -0.2) is 0 Å². The average molecular weight is 183 g/mol. The molecule has 0 fully saturated rings. The largest absolute Gasteiger partial charge is 0.506 e. The molecule has 0 radical (unpaired) electrons. The van der Waals surface area contributed by atoms with Crippen LogP contribution in [-0.2, 0) is 0 Å². The van der Waals surface area contributed by atoms with Crippen LogP contribution in [0.3, 0.4) is 0 Å². The number of ether oxygens (including phenoxy) is 2. The molecule has 0 unspecified atom stereocenters. The molecule has 1 aromatic rings. The number of aromatic hydroxyl groups is 1. The van der Waals surface area contributed by atoms with E-state index in [0.29, 0.717) is 17.2 Å². The number of hydrogen-bond donors (Lipinski definition) is 2. The predicted octanol–water partition coefficient (Wildman–Crippen LogP) is 1.45. The van der Waals surface area contributed by atoms with Gasteiger partial charge >= 0.3 is 0 Å². The van der Waals surface area contributed by atoms with Gasteiger partial charge in [0, 0.05) is 19.2 Å². The zero-order valence-corrected chi connectivity index (χ0v) is 7.92. The van der Waals surface area contributed by atoms with Crippen LogP contribution in [0.1, 0.15) is 0 Å². The van der Waals surface area contributed by atoms with Crippen molar-refractivity contribution in [1.29, 1.82) is 0 Å². The fraction of sp³-hybridized carbons (Fsp3) is 0.333. The zero-order valence-electron chi connectivity index (χ0n) is 7.92. The highest BCUT2D eigenvalue weighted by molar-refractivity contribution is 5.63. The topological polar surface area (TPSA) is 50.7 Å². The maximum atomic E-state index is 9.44. The SMILES string of the molecule is CNc1cc(OC)c(OC)cc1O. The Morgan fingerprint density at radius 3 is 2.15 bits per heavy atom. The van der Waals surface area contributed by atoms with E-state index in [1.54, 1.807) is 20.2 Å². The van der Waals surface area contributed by atoms with E-state index in [1.165, 1.54) is 13.2 Å². The molecule has 1 rings (SSSR count). The van der Waals surface area contributed by atoms with Crippen LogP contribution in [0.25, 0.3) is 0 Å². The third-order valence-electron chi connectivity index (χ3n) is 1.77. The van der Waals surface area contributed by atoms with Gasteiger partial charge in [0.2, 0.25) is 0 Å². The molecule has 0 amide bonds. The first kappa shape index (κ1) is 9.51. The minimum Gasteiger partial charge on any atom is -0.506 e. The van der Waals surface area contributed by atoms with Gasteiger partial charge < -0.3 is 19.9 Å². The second kappa shape index (κ2) is 3.89. The molecule has 13 heavy (non-hydrogen) atoms. The zero-order chi connectivity index (χ0) is 9.84. The fourth-order valence-electron chi connectivity index (χ4n) is 1.07. The van der Waals surface area contributed by atoms with Gasteiger partial charge in [-0.3, -0.25) is 0 Å². The number of nitrogens with one attached hydrogen (secondary N) is 1. The minimum atomic E-state index is 0.139. The predicted molar refractivity (Wildman–Crippen MR) is 50.8 cm³/mol. The van der Waals surface area contributed by atoms with Crippen molar-refractivity contribution in [2.24, 2.45) is 0 Å². The summed E-state index contributed by atoms with van der Waals surface area (Å²) in [6.07, 6.45) is 0. The molecule has 0 aliphatic rings. The number of benzene rings is 1. The van der Waals surface area contributed by atoms with Gasteiger partial charge in [-0.15, -0.1) is 0 Å². The molecule has 0 atom stereocenters. The van der Waals surface area contributed by atoms with Crippen LogP contribution in [0.4, 0.5) is 5.69 Å². The first-order valence-corrected chi connectivity index (χ1v) is 3.85. The molecule has 0 bridgehead atoms. The lowest BCUT2D eigenvalue weighted by Gasteiger charge is -2.10. The van der Waals surface area contributed by atoms with Crippen molar-refractivity contribution in [2.45, 2.75) is 0 Å². The fourth-order valence-corrected chi connectivity index (χ4v) is 1.07. The molecule has 0 aliphatic carbocycles. The molecule has 2 N–H and O–H groups in total. The quantitative estimate of drug-likeness (QED) is 0.696. The summed E-state index contributed by atoms with van der Waals surface area (Å²) in [7, 11) is 4.80. The molecule has 0 aliphatic heterocycles. The minimum absolute atomic E-state index is 0.139. The number of hydrogen-bond acceptors (Lipinski definition) is 4. The Labute approximate surface area is 77.1 Å². The van der Waals surface area contributed by atoms with E-state index in [0.717, 1.165) is 0 Å². The first-order chi connectivity index (χ1) is 6.22. The van der Waals surface area contributed by atoms with Gasteiger partial charge in [0.05, 0.1) is 19.9 Å². The van der Waals surface area contributed by atoms with Crippen molar-refractivity contribution < 1.29 is 14.6 Å². The molecule has 0 saturated carbocycles. The molecular weight excluding hydrogens is 170 g/mol. The second-order valence-electron chi connectivity index (χ2n) is 2.47. The maximum Gasteiger partial charge on any atom is 0.164 e. The van der Waals surface area contributed by atoms with Gasteiger partial charge in [-0.1, -0.05) is 0 Å². The van der Waals surface area contributed by atoms with Crippen molar-refractivity contribution in [3.8, 4) is 17.2 Å². The van der Waals surface area contributed by atoms with Crippen LogP contribution in [0, 0.1) is 0 Å². The number of methoxy groups -OCH3 is 2. The Balaban J connectivity index is 3.18. The van der Waals surface area contributed by atoms with Gasteiger partial charge in [0.25, 0.3) is 0 Å². The van der Waals surface area contributed by atoms with Crippen molar-refractivity contribution in [3.63, 3.8) is 0 Å². The maximum absolute atomic E-state index is 9.44. The Kier molecular flexibility index (Phi) is 2.84. The molecule has 4 heteroatoms. The van der Waals surface area contributed by atoms with E-state index < -0.39 is 0 Å².